The van der Waals surface area contributed by atoms with Crippen molar-refractivity contribution in [3.05, 3.63) is 34.9 Å². The Morgan fingerprint density at radius 3 is 2.57 bits per heavy atom. The molecule has 0 atom stereocenters. The van der Waals surface area contributed by atoms with E-state index in [4.69, 9.17) is 0 Å². The molecule has 0 aromatic heterocycles. The third-order valence-corrected chi connectivity index (χ3v) is 4.76. The second-order valence-electron chi connectivity index (χ2n) is 6.18. The molecule has 0 unspecified atom stereocenters. The SMILES string of the molecule is O=C(O)c1cccc2c1CCN(CCN1CCCCC1)C2. The summed E-state index contributed by atoms with van der Waals surface area (Å²) < 4.78 is 0. The number of rotatable bonds is 4. The minimum Gasteiger partial charge on any atom is -0.478 e. The van der Waals surface area contributed by atoms with E-state index >= 15 is 0 Å². The Balaban J connectivity index is 1.59. The van der Waals surface area contributed by atoms with Gasteiger partial charge in [-0.1, -0.05) is 18.6 Å². The van der Waals surface area contributed by atoms with Crippen molar-refractivity contribution in [3.63, 3.8) is 0 Å². The van der Waals surface area contributed by atoms with Crippen LogP contribution < -0.4 is 0 Å². The summed E-state index contributed by atoms with van der Waals surface area (Å²) in [7, 11) is 0. The van der Waals surface area contributed by atoms with Gasteiger partial charge in [0.25, 0.3) is 0 Å². The predicted molar refractivity (Wildman–Crippen MR) is 82.7 cm³/mol. The number of benzene rings is 1. The summed E-state index contributed by atoms with van der Waals surface area (Å²) in [4.78, 5) is 16.3. The molecule has 0 saturated carbocycles. The highest BCUT2D eigenvalue weighted by Crippen LogP contribution is 2.22. The lowest BCUT2D eigenvalue weighted by Crippen LogP contribution is -2.40. The van der Waals surface area contributed by atoms with Crippen LogP contribution in [0.4, 0.5) is 0 Å². The molecular weight excluding hydrogens is 264 g/mol. The summed E-state index contributed by atoms with van der Waals surface area (Å²) in [5.74, 6) is -0.798. The van der Waals surface area contributed by atoms with Gasteiger partial charge in [0.05, 0.1) is 5.56 Å². The molecule has 0 bridgehead atoms. The fourth-order valence-electron chi connectivity index (χ4n) is 3.52. The molecule has 2 aliphatic rings. The van der Waals surface area contributed by atoms with Crippen molar-refractivity contribution < 1.29 is 9.90 Å². The fraction of sp³-hybridized carbons (Fsp3) is 0.588. The first kappa shape index (κ1) is 14.5. The second-order valence-corrected chi connectivity index (χ2v) is 6.18. The number of carboxylic acid groups (broad SMARTS) is 1. The number of likely N-dealkylation sites (tertiary alicyclic amines) is 1. The Bertz CT molecular complexity index is 510. The molecule has 1 aromatic rings. The standard InChI is InChI=1S/C17H24N2O2/c20-17(21)16-6-4-5-14-13-19(10-7-15(14)16)12-11-18-8-2-1-3-9-18/h4-6H,1-3,7-13H2,(H,20,21). The number of carbonyl (C=O) groups is 1. The van der Waals surface area contributed by atoms with E-state index in [-0.39, 0.29) is 0 Å². The van der Waals surface area contributed by atoms with Crippen LogP contribution in [-0.4, -0.2) is 53.6 Å². The number of fused-ring (bicyclic) bond motifs is 1. The Kier molecular flexibility index (Phi) is 4.56. The van der Waals surface area contributed by atoms with Gasteiger partial charge in [-0.2, -0.15) is 0 Å². The van der Waals surface area contributed by atoms with Gasteiger partial charge in [0, 0.05) is 26.2 Å². The van der Waals surface area contributed by atoms with E-state index in [9.17, 15) is 9.90 Å². The normalized spacial score (nSPS) is 20.2. The maximum Gasteiger partial charge on any atom is 0.335 e. The summed E-state index contributed by atoms with van der Waals surface area (Å²) in [5.41, 5.74) is 2.72. The lowest BCUT2D eigenvalue weighted by molar-refractivity contribution is 0.0694. The zero-order valence-electron chi connectivity index (χ0n) is 12.6. The Hall–Kier alpha value is -1.39. The van der Waals surface area contributed by atoms with Crippen LogP contribution in [0.1, 0.15) is 40.7 Å². The molecule has 21 heavy (non-hydrogen) atoms. The third kappa shape index (κ3) is 3.44. The molecule has 1 N–H and O–H groups in total. The Morgan fingerprint density at radius 1 is 1.05 bits per heavy atom. The quantitative estimate of drug-likeness (QED) is 0.922. The van der Waals surface area contributed by atoms with Crippen molar-refractivity contribution in [1.29, 1.82) is 0 Å². The number of carboxylic acids is 1. The molecule has 4 heteroatoms. The van der Waals surface area contributed by atoms with Crippen LogP contribution in [0.5, 0.6) is 0 Å². The topological polar surface area (TPSA) is 43.8 Å². The average Bonchev–Trinajstić information content (AvgIpc) is 2.53. The smallest absolute Gasteiger partial charge is 0.335 e. The summed E-state index contributed by atoms with van der Waals surface area (Å²) >= 11 is 0. The third-order valence-electron chi connectivity index (χ3n) is 4.76. The fourth-order valence-corrected chi connectivity index (χ4v) is 3.52. The molecule has 1 saturated heterocycles. The highest BCUT2D eigenvalue weighted by molar-refractivity contribution is 5.89. The molecule has 0 radical (unpaired) electrons. The minimum absolute atomic E-state index is 0.489. The van der Waals surface area contributed by atoms with Crippen LogP contribution in [0, 0.1) is 0 Å². The largest absolute Gasteiger partial charge is 0.478 e. The van der Waals surface area contributed by atoms with Crippen molar-refractivity contribution in [2.45, 2.75) is 32.2 Å². The zero-order chi connectivity index (χ0) is 14.7. The summed E-state index contributed by atoms with van der Waals surface area (Å²) in [6.07, 6.45) is 4.92. The number of aromatic carboxylic acids is 1. The summed E-state index contributed by atoms with van der Waals surface area (Å²) in [6, 6.07) is 5.68. The van der Waals surface area contributed by atoms with Gasteiger partial charge in [0.15, 0.2) is 0 Å². The number of piperidine rings is 1. The zero-order valence-corrected chi connectivity index (χ0v) is 12.6. The van der Waals surface area contributed by atoms with Gasteiger partial charge in [-0.3, -0.25) is 4.90 Å². The van der Waals surface area contributed by atoms with E-state index in [0.29, 0.717) is 5.56 Å². The first-order valence-electron chi connectivity index (χ1n) is 8.03. The molecule has 0 spiro atoms. The van der Waals surface area contributed by atoms with E-state index in [0.717, 1.165) is 38.2 Å². The molecule has 1 aromatic carbocycles. The van der Waals surface area contributed by atoms with Gasteiger partial charge in [0.2, 0.25) is 0 Å². The molecule has 2 aliphatic heterocycles. The number of nitrogens with zero attached hydrogens (tertiary/aromatic N) is 2. The minimum atomic E-state index is -0.798. The molecule has 3 rings (SSSR count). The Labute approximate surface area is 126 Å². The molecule has 0 aliphatic carbocycles. The van der Waals surface area contributed by atoms with Crippen LogP contribution in [0.3, 0.4) is 0 Å². The van der Waals surface area contributed by atoms with Crippen molar-refractivity contribution >= 4 is 5.97 Å². The number of hydrogen-bond acceptors (Lipinski definition) is 3. The molecule has 4 nitrogen and oxygen atoms in total. The summed E-state index contributed by atoms with van der Waals surface area (Å²) in [5, 5.41) is 9.26. The van der Waals surface area contributed by atoms with E-state index in [1.54, 1.807) is 6.07 Å². The van der Waals surface area contributed by atoms with Crippen LogP contribution in [0.2, 0.25) is 0 Å². The van der Waals surface area contributed by atoms with Crippen molar-refractivity contribution in [3.8, 4) is 0 Å². The van der Waals surface area contributed by atoms with Gasteiger partial charge in [-0.25, -0.2) is 4.79 Å². The van der Waals surface area contributed by atoms with Crippen LogP contribution in [0.25, 0.3) is 0 Å². The van der Waals surface area contributed by atoms with Gasteiger partial charge < -0.3 is 10.0 Å². The lowest BCUT2D eigenvalue weighted by atomic mass is 9.94. The molecule has 2 heterocycles. The van der Waals surface area contributed by atoms with Crippen LogP contribution in [0.15, 0.2) is 18.2 Å². The second kappa shape index (κ2) is 6.58. The highest BCUT2D eigenvalue weighted by Gasteiger charge is 2.21. The van der Waals surface area contributed by atoms with E-state index in [1.165, 1.54) is 37.9 Å². The van der Waals surface area contributed by atoms with E-state index < -0.39 is 5.97 Å². The van der Waals surface area contributed by atoms with Gasteiger partial charge in [-0.05, 0) is 49.5 Å². The first-order valence-corrected chi connectivity index (χ1v) is 8.03. The molecule has 114 valence electrons. The molecule has 1 fully saturated rings. The Morgan fingerprint density at radius 2 is 1.81 bits per heavy atom. The monoisotopic (exact) mass is 288 g/mol. The first-order chi connectivity index (χ1) is 10.2. The van der Waals surface area contributed by atoms with Crippen molar-refractivity contribution in [2.24, 2.45) is 0 Å². The van der Waals surface area contributed by atoms with Crippen LogP contribution >= 0.6 is 0 Å². The molecular formula is C17H24N2O2. The maximum absolute atomic E-state index is 11.3. The van der Waals surface area contributed by atoms with E-state index in [2.05, 4.69) is 15.9 Å². The maximum atomic E-state index is 11.3. The summed E-state index contributed by atoms with van der Waals surface area (Å²) in [6.45, 7) is 6.60. The van der Waals surface area contributed by atoms with Gasteiger partial charge >= 0.3 is 5.97 Å². The van der Waals surface area contributed by atoms with Gasteiger partial charge in [0.1, 0.15) is 0 Å². The van der Waals surface area contributed by atoms with E-state index in [1.807, 2.05) is 6.07 Å². The predicted octanol–water partition coefficient (Wildman–Crippen LogP) is 2.23. The van der Waals surface area contributed by atoms with Crippen LogP contribution in [-0.2, 0) is 13.0 Å². The molecule has 0 amide bonds. The van der Waals surface area contributed by atoms with Gasteiger partial charge in [-0.15, -0.1) is 0 Å². The number of hydrogen-bond donors (Lipinski definition) is 1. The average molecular weight is 288 g/mol. The van der Waals surface area contributed by atoms with Crippen molar-refractivity contribution in [1.82, 2.24) is 9.80 Å². The highest BCUT2D eigenvalue weighted by atomic mass is 16.4. The van der Waals surface area contributed by atoms with Crippen molar-refractivity contribution in [2.75, 3.05) is 32.7 Å². The lowest BCUT2D eigenvalue weighted by Gasteiger charge is -2.33.